The van der Waals surface area contributed by atoms with Crippen LogP contribution in [0.15, 0.2) is 53.2 Å². The Labute approximate surface area is 179 Å². The number of carbonyl (C=O) groups is 1. The topological polar surface area (TPSA) is 91.3 Å². The molecule has 0 radical (unpaired) electrons. The van der Waals surface area contributed by atoms with Crippen molar-refractivity contribution < 1.29 is 23.7 Å². The molecule has 1 aliphatic rings. The molecule has 8 nitrogen and oxygen atoms in total. The second-order valence-electron chi connectivity index (χ2n) is 6.64. The lowest BCUT2D eigenvalue weighted by Gasteiger charge is -2.13. The van der Waals surface area contributed by atoms with Crippen LogP contribution in [0.3, 0.4) is 0 Å². The number of methoxy groups -OCH3 is 4. The summed E-state index contributed by atoms with van der Waals surface area (Å²) >= 11 is 0. The molecule has 1 N–H and O–H groups in total. The number of ether oxygens (including phenoxy) is 4. The highest BCUT2D eigenvalue weighted by atomic mass is 16.5. The number of aliphatic imine (C=N–C) groups is 1. The molecule has 0 aliphatic carbocycles. The zero-order chi connectivity index (χ0) is 22.0. The van der Waals surface area contributed by atoms with Crippen molar-refractivity contribution in [1.82, 2.24) is 10.3 Å². The van der Waals surface area contributed by atoms with Gasteiger partial charge in [-0.2, -0.15) is 0 Å². The Morgan fingerprint density at radius 1 is 0.903 bits per heavy atom. The standard InChI is InChI=1S/C23H21N3O5/c1-28-18-11-14(12-19(29-2)20(18)30-3)21-24-17(22(27)26-21)10-15-9-13-7-5-6-8-16(13)25-23(15)31-4/h5-12H,1-4H3,(H,24,26,27)/b17-10-. The van der Waals surface area contributed by atoms with Gasteiger partial charge in [0.15, 0.2) is 11.5 Å². The van der Waals surface area contributed by atoms with Gasteiger partial charge in [0.05, 0.1) is 34.0 Å². The Kier molecular flexibility index (Phi) is 5.44. The number of amidine groups is 1. The molecular weight excluding hydrogens is 398 g/mol. The molecule has 0 spiro atoms. The summed E-state index contributed by atoms with van der Waals surface area (Å²) in [6, 6.07) is 13.0. The van der Waals surface area contributed by atoms with Gasteiger partial charge in [-0.15, -0.1) is 0 Å². The van der Waals surface area contributed by atoms with Crippen molar-refractivity contribution in [3.8, 4) is 23.1 Å². The number of nitrogens with zero attached hydrogens (tertiary/aromatic N) is 2. The van der Waals surface area contributed by atoms with Crippen molar-refractivity contribution in [2.45, 2.75) is 0 Å². The number of amides is 1. The van der Waals surface area contributed by atoms with Crippen LogP contribution < -0.4 is 24.3 Å². The fourth-order valence-corrected chi connectivity index (χ4v) is 3.35. The molecule has 0 saturated carbocycles. The van der Waals surface area contributed by atoms with E-state index in [1.54, 1.807) is 25.3 Å². The molecule has 4 rings (SSSR count). The molecule has 1 aliphatic heterocycles. The van der Waals surface area contributed by atoms with E-state index in [0.29, 0.717) is 40.1 Å². The maximum Gasteiger partial charge on any atom is 0.275 e. The highest BCUT2D eigenvalue weighted by Crippen LogP contribution is 2.38. The van der Waals surface area contributed by atoms with E-state index >= 15 is 0 Å². The average Bonchev–Trinajstić information content (AvgIpc) is 3.17. The van der Waals surface area contributed by atoms with Gasteiger partial charge >= 0.3 is 0 Å². The molecular formula is C23H21N3O5. The van der Waals surface area contributed by atoms with Crippen LogP contribution in [0, 0.1) is 0 Å². The van der Waals surface area contributed by atoms with Crippen molar-refractivity contribution in [2.24, 2.45) is 4.99 Å². The van der Waals surface area contributed by atoms with Gasteiger partial charge < -0.3 is 24.3 Å². The lowest BCUT2D eigenvalue weighted by atomic mass is 10.1. The van der Waals surface area contributed by atoms with Crippen LogP contribution in [-0.4, -0.2) is 45.2 Å². The number of aromatic nitrogens is 1. The monoisotopic (exact) mass is 419 g/mol. The van der Waals surface area contributed by atoms with E-state index in [1.165, 1.54) is 21.3 Å². The molecule has 31 heavy (non-hydrogen) atoms. The third kappa shape index (κ3) is 3.75. The van der Waals surface area contributed by atoms with Crippen LogP contribution in [0.5, 0.6) is 23.1 Å². The van der Waals surface area contributed by atoms with Crippen LogP contribution in [0.1, 0.15) is 11.1 Å². The molecule has 0 bridgehead atoms. The Bertz CT molecular complexity index is 1210. The van der Waals surface area contributed by atoms with E-state index in [4.69, 9.17) is 18.9 Å². The van der Waals surface area contributed by atoms with Gasteiger partial charge in [-0.1, -0.05) is 18.2 Å². The second kappa shape index (κ2) is 8.35. The Balaban J connectivity index is 1.77. The number of carbonyl (C=O) groups excluding carboxylic acids is 1. The molecule has 0 fully saturated rings. The van der Waals surface area contributed by atoms with E-state index in [1.807, 2.05) is 30.3 Å². The summed E-state index contributed by atoms with van der Waals surface area (Å²) < 4.78 is 21.5. The van der Waals surface area contributed by atoms with E-state index in [9.17, 15) is 4.79 Å². The largest absolute Gasteiger partial charge is 0.493 e. The minimum Gasteiger partial charge on any atom is -0.493 e. The second-order valence-corrected chi connectivity index (χ2v) is 6.64. The van der Waals surface area contributed by atoms with Crippen molar-refractivity contribution in [2.75, 3.05) is 28.4 Å². The van der Waals surface area contributed by atoms with Gasteiger partial charge in [-0.25, -0.2) is 9.98 Å². The van der Waals surface area contributed by atoms with Crippen molar-refractivity contribution in [3.63, 3.8) is 0 Å². The molecule has 2 heterocycles. The van der Waals surface area contributed by atoms with E-state index < -0.39 is 0 Å². The van der Waals surface area contributed by atoms with E-state index in [0.717, 1.165) is 10.9 Å². The van der Waals surface area contributed by atoms with E-state index in [-0.39, 0.29) is 11.6 Å². The number of pyridine rings is 1. The molecule has 1 amide bonds. The van der Waals surface area contributed by atoms with Gasteiger partial charge in [-0.3, -0.25) is 4.79 Å². The quantitative estimate of drug-likeness (QED) is 0.617. The zero-order valence-corrected chi connectivity index (χ0v) is 17.6. The Hall–Kier alpha value is -4.07. The highest BCUT2D eigenvalue weighted by Gasteiger charge is 2.24. The number of hydrogen-bond donors (Lipinski definition) is 1. The highest BCUT2D eigenvalue weighted by molar-refractivity contribution is 6.20. The number of benzene rings is 2. The number of fused-ring (bicyclic) bond motifs is 1. The number of rotatable bonds is 6. The fourth-order valence-electron chi connectivity index (χ4n) is 3.35. The van der Waals surface area contributed by atoms with Gasteiger partial charge in [-0.05, 0) is 30.3 Å². The zero-order valence-electron chi connectivity index (χ0n) is 17.6. The molecule has 8 heteroatoms. The molecule has 1 aromatic heterocycles. The number of para-hydroxylation sites is 1. The maximum absolute atomic E-state index is 12.6. The first-order chi connectivity index (χ1) is 15.1. The van der Waals surface area contributed by atoms with Crippen molar-refractivity contribution >= 4 is 28.7 Å². The van der Waals surface area contributed by atoms with Crippen LogP contribution >= 0.6 is 0 Å². The predicted octanol–water partition coefficient (Wildman–Crippen LogP) is 3.19. The SMILES string of the molecule is COc1cc(C2=N/C(=C\c3cc4ccccc4nc3OC)C(=O)N2)cc(OC)c1OC. The summed E-state index contributed by atoms with van der Waals surface area (Å²) in [5, 5.41) is 3.72. The summed E-state index contributed by atoms with van der Waals surface area (Å²) in [7, 11) is 6.13. The Morgan fingerprint density at radius 3 is 2.26 bits per heavy atom. The molecule has 0 saturated heterocycles. The van der Waals surface area contributed by atoms with Gasteiger partial charge in [0, 0.05) is 16.5 Å². The minimum absolute atomic E-state index is 0.235. The normalized spacial score (nSPS) is 14.4. The lowest BCUT2D eigenvalue weighted by Crippen LogP contribution is -2.24. The van der Waals surface area contributed by atoms with Crippen LogP contribution in [0.2, 0.25) is 0 Å². The van der Waals surface area contributed by atoms with Crippen LogP contribution in [0.4, 0.5) is 0 Å². The third-order valence-corrected chi connectivity index (χ3v) is 4.84. The smallest absolute Gasteiger partial charge is 0.275 e. The van der Waals surface area contributed by atoms with Crippen molar-refractivity contribution in [1.29, 1.82) is 0 Å². The van der Waals surface area contributed by atoms with Gasteiger partial charge in [0.2, 0.25) is 11.6 Å². The van der Waals surface area contributed by atoms with Gasteiger partial charge in [0.1, 0.15) is 11.5 Å². The number of hydrogen-bond acceptors (Lipinski definition) is 7. The van der Waals surface area contributed by atoms with Gasteiger partial charge in [0.25, 0.3) is 5.91 Å². The first-order valence-corrected chi connectivity index (χ1v) is 9.43. The minimum atomic E-state index is -0.334. The molecule has 2 aromatic carbocycles. The summed E-state index contributed by atoms with van der Waals surface area (Å²) in [6.07, 6.45) is 1.65. The van der Waals surface area contributed by atoms with Crippen LogP contribution in [-0.2, 0) is 4.79 Å². The van der Waals surface area contributed by atoms with E-state index in [2.05, 4.69) is 15.3 Å². The predicted molar refractivity (Wildman–Crippen MR) is 117 cm³/mol. The van der Waals surface area contributed by atoms with Crippen LogP contribution in [0.25, 0.3) is 17.0 Å². The molecule has 158 valence electrons. The molecule has 0 atom stereocenters. The average molecular weight is 419 g/mol. The summed E-state index contributed by atoms with van der Waals surface area (Å²) in [4.78, 5) is 21.6. The summed E-state index contributed by atoms with van der Waals surface area (Å²) in [6.45, 7) is 0. The summed E-state index contributed by atoms with van der Waals surface area (Å²) in [5.41, 5.74) is 2.31. The first kappa shape index (κ1) is 20.2. The Morgan fingerprint density at radius 2 is 1.61 bits per heavy atom. The maximum atomic E-state index is 12.6. The third-order valence-electron chi connectivity index (χ3n) is 4.84. The molecule has 0 unspecified atom stereocenters. The summed E-state index contributed by atoms with van der Waals surface area (Å²) in [5.74, 6) is 1.84. The first-order valence-electron chi connectivity index (χ1n) is 9.43. The lowest BCUT2D eigenvalue weighted by molar-refractivity contribution is -0.115. The molecule has 3 aromatic rings. The van der Waals surface area contributed by atoms with Crippen molar-refractivity contribution in [3.05, 3.63) is 59.3 Å². The fraction of sp³-hybridized carbons (Fsp3) is 0.174. The number of nitrogens with one attached hydrogen (secondary N) is 1.